The molecule has 2 amide bonds. The van der Waals surface area contributed by atoms with Gasteiger partial charge in [0, 0.05) is 33.4 Å². The van der Waals surface area contributed by atoms with Crippen LogP contribution in [0.4, 0.5) is 5.69 Å². The van der Waals surface area contributed by atoms with Gasteiger partial charge in [-0.15, -0.1) is 0 Å². The molecule has 0 radical (unpaired) electrons. The second kappa shape index (κ2) is 11.0. The van der Waals surface area contributed by atoms with Gasteiger partial charge in [0.2, 0.25) is 0 Å². The number of amides is 2. The normalized spacial score (nSPS) is 13.7. The highest BCUT2D eigenvalue weighted by Crippen LogP contribution is 2.40. The smallest absolute Gasteiger partial charge is 0.282 e. The molecule has 2 aromatic rings. The first-order chi connectivity index (χ1) is 16.0. The molecule has 0 unspecified atom stereocenters. The van der Waals surface area contributed by atoms with Crippen molar-refractivity contribution in [3.63, 3.8) is 0 Å². The van der Waals surface area contributed by atoms with Gasteiger partial charge in [0.1, 0.15) is 17.2 Å². The molecule has 3 rings (SSSR count). The van der Waals surface area contributed by atoms with Crippen molar-refractivity contribution in [2.75, 3.05) is 59.6 Å². The van der Waals surface area contributed by atoms with Crippen LogP contribution in [-0.2, 0) is 19.1 Å². The fraction of sp³-hybridized carbons (Fsp3) is 0.360. The summed E-state index contributed by atoms with van der Waals surface area (Å²) in [6, 6.07) is 12.5. The van der Waals surface area contributed by atoms with Crippen molar-refractivity contribution in [3.05, 3.63) is 59.3 Å². The Balaban J connectivity index is 2.15. The lowest BCUT2D eigenvalue weighted by molar-refractivity contribution is -0.120. The van der Waals surface area contributed by atoms with Crippen molar-refractivity contribution in [2.24, 2.45) is 0 Å². The second-order valence-corrected chi connectivity index (χ2v) is 7.55. The predicted molar refractivity (Wildman–Crippen MR) is 125 cm³/mol. The van der Waals surface area contributed by atoms with E-state index < -0.39 is 11.8 Å². The Kier molecular flexibility index (Phi) is 8.08. The largest absolute Gasteiger partial charge is 0.497 e. The highest BCUT2D eigenvalue weighted by molar-refractivity contribution is 6.45. The van der Waals surface area contributed by atoms with Gasteiger partial charge < -0.3 is 23.8 Å². The minimum Gasteiger partial charge on any atom is -0.497 e. The number of rotatable bonds is 11. The maximum atomic E-state index is 13.8. The van der Waals surface area contributed by atoms with Gasteiger partial charge in [0.15, 0.2) is 0 Å². The lowest BCUT2D eigenvalue weighted by Crippen LogP contribution is -2.37. The van der Waals surface area contributed by atoms with Gasteiger partial charge >= 0.3 is 0 Å². The number of aryl methyl sites for hydroxylation is 1. The van der Waals surface area contributed by atoms with Crippen molar-refractivity contribution in [1.82, 2.24) is 4.90 Å². The van der Waals surface area contributed by atoms with Gasteiger partial charge in [-0.1, -0.05) is 29.8 Å². The zero-order chi connectivity index (χ0) is 24.0. The third-order valence-electron chi connectivity index (χ3n) is 5.47. The summed E-state index contributed by atoms with van der Waals surface area (Å²) in [6.07, 6.45) is 0. The number of methoxy groups -OCH3 is 4. The molecule has 2 aromatic carbocycles. The van der Waals surface area contributed by atoms with Crippen molar-refractivity contribution in [3.8, 4) is 11.5 Å². The van der Waals surface area contributed by atoms with E-state index in [1.54, 1.807) is 39.5 Å². The van der Waals surface area contributed by atoms with Gasteiger partial charge in [-0.2, -0.15) is 0 Å². The molecule has 1 aliphatic rings. The van der Waals surface area contributed by atoms with Crippen LogP contribution in [-0.4, -0.2) is 71.5 Å². The van der Waals surface area contributed by atoms with Crippen molar-refractivity contribution in [1.29, 1.82) is 0 Å². The Labute approximate surface area is 194 Å². The number of hydrogen-bond acceptors (Lipinski definition) is 7. The standard InChI is InChI=1S/C25H30N2O6/c1-17-6-8-18(9-7-17)22-23(26(12-14-30-2)13-15-31-3)25(29)27(24(22)28)20-11-10-19(32-4)16-21(20)33-5/h6-11,16H,12-15H2,1-5H3. The van der Waals surface area contributed by atoms with E-state index in [4.69, 9.17) is 18.9 Å². The van der Waals surface area contributed by atoms with E-state index in [9.17, 15) is 9.59 Å². The summed E-state index contributed by atoms with van der Waals surface area (Å²) in [6.45, 7) is 3.61. The fourth-order valence-corrected chi connectivity index (χ4v) is 3.72. The van der Waals surface area contributed by atoms with E-state index in [1.807, 2.05) is 36.1 Å². The maximum Gasteiger partial charge on any atom is 0.282 e. The fourth-order valence-electron chi connectivity index (χ4n) is 3.72. The number of nitrogens with zero attached hydrogens (tertiary/aromatic N) is 2. The van der Waals surface area contributed by atoms with Crippen LogP contribution in [0.1, 0.15) is 11.1 Å². The van der Waals surface area contributed by atoms with Crippen LogP contribution < -0.4 is 14.4 Å². The lowest BCUT2D eigenvalue weighted by Gasteiger charge is -2.26. The van der Waals surface area contributed by atoms with Crippen molar-refractivity contribution in [2.45, 2.75) is 6.92 Å². The van der Waals surface area contributed by atoms with E-state index in [2.05, 4.69) is 0 Å². The molecule has 0 fully saturated rings. The zero-order valence-electron chi connectivity index (χ0n) is 19.7. The molecule has 0 spiro atoms. The molecule has 33 heavy (non-hydrogen) atoms. The second-order valence-electron chi connectivity index (χ2n) is 7.55. The number of imide groups is 1. The topological polar surface area (TPSA) is 77.5 Å². The summed E-state index contributed by atoms with van der Waals surface area (Å²) in [5, 5.41) is 0. The average Bonchev–Trinajstić information content (AvgIpc) is 3.09. The van der Waals surface area contributed by atoms with E-state index in [0.29, 0.717) is 60.3 Å². The van der Waals surface area contributed by atoms with Crippen LogP contribution in [0, 0.1) is 6.92 Å². The van der Waals surface area contributed by atoms with E-state index >= 15 is 0 Å². The first kappa shape index (κ1) is 24.3. The van der Waals surface area contributed by atoms with Crippen LogP contribution in [0.2, 0.25) is 0 Å². The monoisotopic (exact) mass is 454 g/mol. The van der Waals surface area contributed by atoms with E-state index in [1.165, 1.54) is 7.11 Å². The van der Waals surface area contributed by atoms with Crippen LogP contribution in [0.25, 0.3) is 5.57 Å². The molecule has 0 atom stereocenters. The summed E-state index contributed by atoms with van der Waals surface area (Å²) in [7, 11) is 6.22. The van der Waals surface area contributed by atoms with E-state index in [0.717, 1.165) is 10.5 Å². The molecule has 0 aliphatic carbocycles. The van der Waals surface area contributed by atoms with Crippen LogP contribution >= 0.6 is 0 Å². The molecule has 176 valence electrons. The molecule has 8 heteroatoms. The minimum absolute atomic E-state index is 0.316. The molecule has 0 bridgehead atoms. The first-order valence-corrected chi connectivity index (χ1v) is 10.6. The Morgan fingerprint density at radius 1 is 0.818 bits per heavy atom. The molecule has 0 saturated carbocycles. The van der Waals surface area contributed by atoms with Gasteiger partial charge in [0.25, 0.3) is 11.8 Å². The summed E-state index contributed by atoms with van der Waals surface area (Å²) in [5.41, 5.74) is 2.73. The molecular weight excluding hydrogens is 424 g/mol. The number of ether oxygens (including phenoxy) is 4. The zero-order valence-corrected chi connectivity index (χ0v) is 19.7. The third kappa shape index (κ3) is 5.02. The third-order valence-corrected chi connectivity index (χ3v) is 5.47. The van der Waals surface area contributed by atoms with Crippen LogP contribution in [0.15, 0.2) is 48.2 Å². The van der Waals surface area contributed by atoms with Gasteiger partial charge in [-0.25, -0.2) is 4.90 Å². The van der Waals surface area contributed by atoms with Crippen molar-refractivity contribution >= 4 is 23.1 Å². The van der Waals surface area contributed by atoms with Crippen LogP contribution in [0.3, 0.4) is 0 Å². The summed E-state index contributed by atoms with van der Waals surface area (Å²) in [5.74, 6) is 0.0812. The molecule has 0 aromatic heterocycles. The molecule has 8 nitrogen and oxygen atoms in total. The summed E-state index contributed by atoms with van der Waals surface area (Å²) < 4.78 is 21.3. The SMILES string of the molecule is COCCN(CCOC)C1=C(c2ccc(C)cc2)C(=O)N(c2ccc(OC)cc2OC)C1=O. The summed E-state index contributed by atoms with van der Waals surface area (Å²) >= 11 is 0. The Bertz CT molecular complexity index is 1020. The minimum atomic E-state index is -0.425. The molecule has 0 saturated heterocycles. The summed E-state index contributed by atoms with van der Waals surface area (Å²) in [4.78, 5) is 30.6. The lowest BCUT2D eigenvalue weighted by atomic mass is 10.0. The Morgan fingerprint density at radius 3 is 2.00 bits per heavy atom. The number of benzene rings is 2. The van der Waals surface area contributed by atoms with Gasteiger partial charge in [-0.3, -0.25) is 9.59 Å². The van der Waals surface area contributed by atoms with Gasteiger partial charge in [-0.05, 0) is 24.6 Å². The highest BCUT2D eigenvalue weighted by Gasteiger charge is 2.43. The first-order valence-electron chi connectivity index (χ1n) is 10.6. The van der Waals surface area contributed by atoms with Crippen molar-refractivity contribution < 1.29 is 28.5 Å². The predicted octanol–water partition coefficient (Wildman–Crippen LogP) is 2.89. The highest BCUT2D eigenvalue weighted by atomic mass is 16.5. The number of carbonyl (C=O) groups excluding carboxylic acids is 2. The number of carbonyl (C=O) groups is 2. The molecular formula is C25H30N2O6. The van der Waals surface area contributed by atoms with E-state index in [-0.39, 0.29) is 0 Å². The number of hydrogen-bond donors (Lipinski definition) is 0. The number of anilines is 1. The average molecular weight is 455 g/mol. The Morgan fingerprint density at radius 2 is 1.45 bits per heavy atom. The molecule has 1 heterocycles. The Hall–Kier alpha value is -3.36. The van der Waals surface area contributed by atoms with Gasteiger partial charge in [0.05, 0.1) is 38.7 Å². The molecule has 0 N–H and O–H groups in total. The maximum absolute atomic E-state index is 13.8. The quantitative estimate of drug-likeness (QED) is 0.483. The molecule has 1 aliphatic heterocycles. The van der Waals surface area contributed by atoms with Crippen LogP contribution in [0.5, 0.6) is 11.5 Å².